The van der Waals surface area contributed by atoms with E-state index < -0.39 is 5.97 Å². The van der Waals surface area contributed by atoms with Crippen LogP contribution in [0.1, 0.15) is 13.3 Å². The standard InChI is InChI=1S/C6H12N2O3/c1-3-11-6(9)4-5(7)8-10-2/h3-4H2,1-2H3,(H2,7,8). The van der Waals surface area contributed by atoms with Gasteiger partial charge < -0.3 is 15.3 Å². The predicted molar refractivity (Wildman–Crippen MR) is 39.9 cm³/mol. The van der Waals surface area contributed by atoms with Crippen LogP contribution in [0.4, 0.5) is 0 Å². The molecular weight excluding hydrogens is 148 g/mol. The number of rotatable bonds is 4. The Hall–Kier alpha value is -1.26. The third-order valence-electron chi connectivity index (χ3n) is 0.839. The van der Waals surface area contributed by atoms with E-state index in [4.69, 9.17) is 5.73 Å². The number of ether oxygens (including phenoxy) is 1. The lowest BCUT2D eigenvalue weighted by atomic mass is 10.4. The lowest BCUT2D eigenvalue weighted by Crippen LogP contribution is -2.18. The number of carbonyl (C=O) groups excluding carboxylic acids is 1. The summed E-state index contributed by atoms with van der Waals surface area (Å²) in [7, 11) is 1.36. The number of hydrogen-bond acceptors (Lipinski definition) is 4. The summed E-state index contributed by atoms with van der Waals surface area (Å²) in [5.74, 6) is -0.281. The Morgan fingerprint density at radius 3 is 2.73 bits per heavy atom. The minimum absolute atomic E-state index is 0.0261. The number of oxime groups is 1. The Balaban J connectivity index is 3.66. The minimum Gasteiger partial charge on any atom is -0.466 e. The fourth-order valence-corrected chi connectivity index (χ4v) is 0.509. The molecule has 0 aromatic carbocycles. The molecule has 0 aliphatic heterocycles. The Labute approximate surface area is 65.1 Å². The van der Waals surface area contributed by atoms with E-state index in [1.54, 1.807) is 6.92 Å². The monoisotopic (exact) mass is 160 g/mol. The van der Waals surface area contributed by atoms with Gasteiger partial charge in [0.1, 0.15) is 13.5 Å². The molecule has 0 atom stereocenters. The largest absolute Gasteiger partial charge is 0.466 e. The van der Waals surface area contributed by atoms with Gasteiger partial charge in [-0.05, 0) is 6.92 Å². The van der Waals surface area contributed by atoms with Crippen LogP contribution in [-0.2, 0) is 14.4 Å². The summed E-state index contributed by atoms with van der Waals surface area (Å²) in [5, 5.41) is 3.34. The fourth-order valence-electron chi connectivity index (χ4n) is 0.509. The van der Waals surface area contributed by atoms with Gasteiger partial charge in [0.2, 0.25) is 0 Å². The highest BCUT2D eigenvalue weighted by Crippen LogP contribution is 1.86. The summed E-state index contributed by atoms with van der Waals surface area (Å²) in [6, 6.07) is 0. The summed E-state index contributed by atoms with van der Waals surface area (Å²) >= 11 is 0. The number of amidine groups is 1. The summed E-state index contributed by atoms with van der Waals surface area (Å²) in [6.07, 6.45) is -0.0261. The zero-order valence-electron chi connectivity index (χ0n) is 6.66. The van der Waals surface area contributed by atoms with Crippen LogP contribution in [0.3, 0.4) is 0 Å². The molecule has 64 valence electrons. The molecule has 0 heterocycles. The van der Waals surface area contributed by atoms with Gasteiger partial charge in [-0.25, -0.2) is 0 Å². The van der Waals surface area contributed by atoms with Crippen molar-refractivity contribution in [2.75, 3.05) is 13.7 Å². The van der Waals surface area contributed by atoms with Gasteiger partial charge in [0, 0.05) is 0 Å². The normalized spacial score (nSPS) is 10.9. The fraction of sp³-hybridized carbons (Fsp3) is 0.667. The van der Waals surface area contributed by atoms with Gasteiger partial charge in [-0.2, -0.15) is 0 Å². The molecule has 0 saturated heterocycles. The molecule has 5 nitrogen and oxygen atoms in total. The van der Waals surface area contributed by atoms with Crippen LogP contribution >= 0.6 is 0 Å². The maximum absolute atomic E-state index is 10.7. The number of esters is 1. The first kappa shape index (κ1) is 9.74. The van der Waals surface area contributed by atoms with Crippen molar-refractivity contribution < 1.29 is 14.4 Å². The van der Waals surface area contributed by atoms with E-state index in [1.807, 2.05) is 0 Å². The van der Waals surface area contributed by atoms with E-state index in [-0.39, 0.29) is 12.3 Å². The number of carbonyl (C=O) groups is 1. The molecule has 0 radical (unpaired) electrons. The average molecular weight is 160 g/mol. The molecule has 0 unspecified atom stereocenters. The van der Waals surface area contributed by atoms with E-state index >= 15 is 0 Å². The summed E-state index contributed by atoms with van der Waals surface area (Å²) < 4.78 is 4.60. The highest BCUT2D eigenvalue weighted by molar-refractivity contribution is 5.96. The summed E-state index contributed by atoms with van der Waals surface area (Å²) in [6.45, 7) is 2.07. The molecule has 0 fully saturated rings. The second kappa shape index (κ2) is 5.52. The van der Waals surface area contributed by atoms with Crippen molar-refractivity contribution in [3.8, 4) is 0 Å². The molecular formula is C6H12N2O3. The van der Waals surface area contributed by atoms with Crippen LogP contribution in [0.2, 0.25) is 0 Å². The van der Waals surface area contributed by atoms with Gasteiger partial charge in [0.05, 0.1) is 6.61 Å². The van der Waals surface area contributed by atoms with Crippen molar-refractivity contribution in [1.82, 2.24) is 0 Å². The molecule has 0 bridgehead atoms. The van der Waals surface area contributed by atoms with Gasteiger partial charge in [0.25, 0.3) is 0 Å². The van der Waals surface area contributed by atoms with Crippen LogP contribution in [0.25, 0.3) is 0 Å². The molecule has 0 aromatic rings. The Kier molecular flexibility index (Phi) is 4.89. The number of nitrogens with zero attached hydrogens (tertiary/aromatic N) is 1. The lowest BCUT2D eigenvalue weighted by molar-refractivity contribution is -0.141. The zero-order valence-corrected chi connectivity index (χ0v) is 6.66. The Morgan fingerprint density at radius 1 is 1.64 bits per heavy atom. The van der Waals surface area contributed by atoms with Crippen LogP contribution in [0.15, 0.2) is 5.16 Å². The molecule has 0 aliphatic rings. The maximum Gasteiger partial charge on any atom is 0.313 e. The highest BCUT2D eigenvalue weighted by Gasteiger charge is 2.04. The van der Waals surface area contributed by atoms with E-state index in [0.717, 1.165) is 0 Å². The predicted octanol–water partition coefficient (Wildman–Crippen LogP) is -0.142. The quantitative estimate of drug-likeness (QED) is 0.269. The first-order valence-electron chi connectivity index (χ1n) is 3.21. The molecule has 0 aromatic heterocycles. The van der Waals surface area contributed by atoms with Crippen molar-refractivity contribution >= 4 is 11.8 Å². The summed E-state index contributed by atoms with van der Waals surface area (Å²) in [5.41, 5.74) is 5.24. The first-order valence-corrected chi connectivity index (χ1v) is 3.21. The molecule has 0 amide bonds. The average Bonchev–Trinajstić information content (AvgIpc) is 1.87. The van der Waals surface area contributed by atoms with E-state index in [1.165, 1.54) is 7.11 Å². The van der Waals surface area contributed by atoms with E-state index in [2.05, 4.69) is 14.7 Å². The molecule has 0 aliphatic carbocycles. The molecule has 2 N–H and O–H groups in total. The van der Waals surface area contributed by atoms with E-state index in [9.17, 15) is 4.79 Å². The molecule has 5 heteroatoms. The molecule has 0 saturated carbocycles. The minimum atomic E-state index is -0.397. The third kappa shape index (κ3) is 5.20. The van der Waals surface area contributed by atoms with Crippen LogP contribution in [0, 0.1) is 0 Å². The topological polar surface area (TPSA) is 73.9 Å². The van der Waals surface area contributed by atoms with Crippen molar-refractivity contribution in [3.05, 3.63) is 0 Å². The third-order valence-corrected chi connectivity index (χ3v) is 0.839. The van der Waals surface area contributed by atoms with E-state index in [0.29, 0.717) is 6.61 Å². The van der Waals surface area contributed by atoms with Crippen molar-refractivity contribution in [2.45, 2.75) is 13.3 Å². The second-order valence-corrected chi connectivity index (χ2v) is 1.75. The second-order valence-electron chi connectivity index (χ2n) is 1.75. The van der Waals surface area contributed by atoms with Gasteiger partial charge in [0.15, 0.2) is 5.84 Å². The Bertz CT molecular complexity index is 156. The highest BCUT2D eigenvalue weighted by atomic mass is 16.6. The van der Waals surface area contributed by atoms with Crippen molar-refractivity contribution in [3.63, 3.8) is 0 Å². The Morgan fingerprint density at radius 2 is 2.27 bits per heavy atom. The zero-order chi connectivity index (χ0) is 8.69. The van der Waals surface area contributed by atoms with Gasteiger partial charge in [-0.15, -0.1) is 0 Å². The summed E-state index contributed by atoms with van der Waals surface area (Å²) in [4.78, 5) is 15.0. The maximum atomic E-state index is 10.7. The first-order chi connectivity index (χ1) is 5.20. The lowest BCUT2D eigenvalue weighted by Gasteiger charge is -1.99. The van der Waals surface area contributed by atoms with Gasteiger partial charge in [-0.1, -0.05) is 5.16 Å². The van der Waals surface area contributed by atoms with Gasteiger partial charge in [-0.3, -0.25) is 4.79 Å². The number of nitrogens with two attached hydrogens (primary N) is 1. The smallest absolute Gasteiger partial charge is 0.313 e. The van der Waals surface area contributed by atoms with Gasteiger partial charge >= 0.3 is 5.97 Å². The van der Waals surface area contributed by atoms with Crippen molar-refractivity contribution in [1.29, 1.82) is 0 Å². The van der Waals surface area contributed by atoms with Crippen molar-refractivity contribution in [2.24, 2.45) is 10.9 Å². The number of hydrogen-bond donors (Lipinski definition) is 1. The molecule has 0 rings (SSSR count). The SMILES string of the molecule is CCOC(=O)CC(N)=NOC. The van der Waals surface area contributed by atoms with Crippen LogP contribution < -0.4 is 5.73 Å². The molecule has 0 spiro atoms. The van der Waals surface area contributed by atoms with Crippen LogP contribution in [0.5, 0.6) is 0 Å². The van der Waals surface area contributed by atoms with Crippen LogP contribution in [-0.4, -0.2) is 25.5 Å². The molecule has 11 heavy (non-hydrogen) atoms.